The summed E-state index contributed by atoms with van der Waals surface area (Å²) in [5, 5.41) is 9.01. The molecule has 0 aromatic heterocycles. The van der Waals surface area contributed by atoms with Crippen LogP contribution in [0.3, 0.4) is 0 Å². The lowest BCUT2D eigenvalue weighted by atomic mass is 9.68. The minimum Gasteiger partial charge on any atom is -0.478 e. The van der Waals surface area contributed by atoms with Gasteiger partial charge in [-0.3, -0.25) is 0 Å². The van der Waals surface area contributed by atoms with E-state index in [0.29, 0.717) is 5.56 Å². The molecule has 0 bridgehead atoms. The van der Waals surface area contributed by atoms with Crippen LogP contribution in [0, 0.1) is 17.8 Å². The first-order chi connectivity index (χ1) is 12.2. The molecule has 0 unspecified atom stereocenters. The van der Waals surface area contributed by atoms with Gasteiger partial charge in [-0.25, -0.2) is 4.79 Å². The molecule has 2 aliphatic rings. The zero-order valence-electron chi connectivity index (χ0n) is 15.6. The van der Waals surface area contributed by atoms with E-state index in [1.165, 1.54) is 82.6 Å². The summed E-state index contributed by atoms with van der Waals surface area (Å²) in [5.74, 6) is 2.07. The van der Waals surface area contributed by atoms with Gasteiger partial charge in [-0.2, -0.15) is 0 Å². The first-order valence-corrected chi connectivity index (χ1v) is 10.6. The molecule has 0 amide bonds. The van der Waals surface area contributed by atoms with E-state index in [-0.39, 0.29) is 0 Å². The molecule has 0 radical (unpaired) electrons. The highest BCUT2D eigenvalue weighted by Gasteiger charge is 2.30. The summed E-state index contributed by atoms with van der Waals surface area (Å²) in [7, 11) is 0. The third kappa shape index (κ3) is 5.33. The fourth-order valence-corrected chi connectivity index (χ4v) is 5.34. The second-order valence-corrected chi connectivity index (χ2v) is 8.35. The van der Waals surface area contributed by atoms with Gasteiger partial charge in [-0.1, -0.05) is 76.3 Å². The van der Waals surface area contributed by atoms with E-state index in [9.17, 15) is 4.79 Å². The molecule has 2 fully saturated rings. The second kappa shape index (κ2) is 9.40. The number of rotatable bonds is 7. The van der Waals surface area contributed by atoms with Crippen molar-refractivity contribution in [2.45, 2.75) is 83.5 Å². The van der Waals surface area contributed by atoms with Gasteiger partial charge in [-0.15, -0.1) is 0 Å². The van der Waals surface area contributed by atoms with Crippen LogP contribution in [0.4, 0.5) is 0 Å². The molecule has 0 aliphatic heterocycles. The quantitative estimate of drug-likeness (QED) is 0.615. The number of carboxylic acid groups (broad SMARTS) is 1. The highest BCUT2D eigenvalue weighted by Crippen LogP contribution is 2.42. The molecule has 2 nitrogen and oxygen atoms in total. The van der Waals surface area contributed by atoms with Crippen LogP contribution in [-0.4, -0.2) is 11.1 Å². The predicted molar refractivity (Wildman–Crippen MR) is 103 cm³/mol. The standard InChI is InChI=1S/C23H34O2/c24-23(25)21-16-14-18(15-17-21)8-7-13-22(19-9-3-1-4-10-19)20-11-5-2-6-12-20/h14-17,19-20,22H,1-13H2,(H,24,25). The van der Waals surface area contributed by atoms with Gasteiger partial charge in [0.2, 0.25) is 0 Å². The Hall–Kier alpha value is -1.31. The number of hydrogen-bond donors (Lipinski definition) is 1. The Labute approximate surface area is 153 Å². The van der Waals surface area contributed by atoms with Gasteiger partial charge < -0.3 is 5.11 Å². The maximum absolute atomic E-state index is 11.0. The summed E-state index contributed by atoms with van der Waals surface area (Å²) in [5.41, 5.74) is 1.68. The largest absolute Gasteiger partial charge is 0.478 e. The zero-order chi connectivity index (χ0) is 17.5. The topological polar surface area (TPSA) is 37.3 Å². The van der Waals surface area contributed by atoms with Crippen LogP contribution in [0.25, 0.3) is 0 Å². The fraction of sp³-hybridized carbons (Fsp3) is 0.696. The van der Waals surface area contributed by atoms with Gasteiger partial charge in [0.1, 0.15) is 0 Å². The summed E-state index contributed by atoms with van der Waals surface area (Å²) < 4.78 is 0. The van der Waals surface area contributed by atoms with Crippen molar-refractivity contribution in [1.82, 2.24) is 0 Å². The van der Waals surface area contributed by atoms with E-state index in [4.69, 9.17) is 5.11 Å². The van der Waals surface area contributed by atoms with E-state index < -0.39 is 5.97 Å². The number of aryl methyl sites for hydroxylation is 1. The van der Waals surface area contributed by atoms with Crippen LogP contribution in [0.1, 0.15) is 93.0 Å². The van der Waals surface area contributed by atoms with E-state index in [0.717, 1.165) is 24.2 Å². The zero-order valence-corrected chi connectivity index (χ0v) is 15.6. The summed E-state index contributed by atoms with van der Waals surface area (Å²) in [6.45, 7) is 0. The Morgan fingerprint density at radius 2 is 1.40 bits per heavy atom. The monoisotopic (exact) mass is 342 g/mol. The van der Waals surface area contributed by atoms with Crippen molar-refractivity contribution in [1.29, 1.82) is 0 Å². The summed E-state index contributed by atoms with van der Waals surface area (Å²) in [6, 6.07) is 7.49. The van der Waals surface area contributed by atoms with Crippen molar-refractivity contribution in [3.63, 3.8) is 0 Å². The Balaban J connectivity index is 1.54. The number of benzene rings is 1. The van der Waals surface area contributed by atoms with E-state index in [2.05, 4.69) is 0 Å². The van der Waals surface area contributed by atoms with Crippen LogP contribution >= 0.6 is 0 Å². The third-order valence-corrected chi connectivity index (χ3v) is 6.71. The van der Waals surface area contributed by atoms with Crippen molar-refractivity contribution < 1.29 is 9.90 Å². The van der Waals surface area contributed by atoms with E-state index in [1.54, 1.807) is 12.1 Å². The molecule has 2 aliphatic carbocycles. The Morgan fingerprint density at radius 3 is 1.88 bits per heavy atom. The Morgan fingerprint density at radius 1 is 0.880 bits per heavy atom. The second-order valence-electron chi connectivity index (χ2n) is 8.35. The summed E-state index contributed by atoms with van der Waals surface area (Å²) >= 11 is 0. The predicted octanol–water partition coefficient (Wildman–Crippen LogP) is 6.48. The molecule has 0 atom stereocenters. The van der Waals surface area contributed by atoms with Crippen LogP contribution in [0.5, 0.6) is 0 Å². The van der Waals surface area contributed by atoms with Crippen LogP contribution in [0.15, 0.2) is 24.3 Å². The Kier molecular flexibility index (Phi) is 6.95. The molecule has 2 heteroatoms. The van der Waals surface area contributed by atoms with Crippen LogP contribution < -0.4 is 0 Å². The van der Waals surface area contributed by atoms with Gasteiger partial charge in [-0.05, 0) is 54.7 Å². The van der Waals surface area contributed by atoms with Gasteiger partial charge in [0.05, 0.1) is 5.56 Å². The molecule has 3 rings (SSSR count). The maximum Gasteiger partial charge on any atom is 0.335 e. The molecule has 138 valence electrons. The molecule has 1 N–H and O–H groups in total. The SMILES string of the molecule is O=C(O)c1ccc(CCCC(C2CCCCC2)C2CCCCC2)cc1. The lowest BCUT2D eigenvalue weighted by molar-refractivity contribution is 0.0697. The van der Waals surface area contributed by atoms with E-state index >= 15 is 0 Å². The highest BCUT2D eigenvalue weighted by atomic mass is 16.4. The minimum atomic E-state index is -0.832. The van der Waals surface area contributed by atoms with Crippen LogP contribution in [0.2, 0.25) is 0 Å². The van der Waals surface area contributed by atoms with Crippen molar-refractivity contribution in [2.75, 3.05) is 0 Å². The third-order valence-electron chi connectivity index (χ3n) is 6.71. The smallest absolute Gasteiger partial charge is 0.335 e. The van der Waals surface area contributed by atoms with Crippen molar-refractivity contribution in [3.8, 4) is 0 Å². The lowest BCUT2D eigenvalue weighted by Crippen LogP contribution is -2.27. The number of carbonyl (C=O) groups is 1. The molecule has 0 saturated heterocycles. The number of carboxylic acids is 1. The van der Waals surface area contributed by atoms with Gasteiger partial charge in [0.25, 0.3) is 0 Å². The average molecular weight is 343 g/mol. The first kappa shape index (κ1) is 18.5. The Bertz CT molecular complexity index is 504. The molecule has 2 saturated carbocycles. The average Bonchev–Trinajstić information content (AvgIpc) is 2.67. The molecular formula is C23H34O2. The van der Waals surface area contributed by atoms with Gasteiger partial charge in [0, 0.05) is 0 Å². The molecule has 0 heterocycles. The highest BCUT2D eigenvalue weighted by molar-refractivity contribution is 5.87. The van der Waals surface area contributed by atoms with Crippen molar-refractivity contribution >= 4 is 5.97 Å². The van der Waals surface area contributed by atoms with Gasteiger partial charge in [0.15, 0.2) is 0 Å². The molecule has 1 aromatic rings. The van der Waals surface area contributed by atoms with Crippen molar-refractivity contribution in [2.24, 2.45) is 17.8 Å². The molecule has 0 spiro atoms. The van der Waals surface area contributed by atoms with Crippen LogP contribution in [-0.2, 0) is 6.42 Å². The minimum absolute atomic E-state index is 0.394. The molecule has 25 heavy (non-hydrogen) atoms. The summed E-state index contributed by atoms with van der Waals surface area (Å²) in [6.07, 6.45) is 18.3. The summed E-state index contributed by atoms with van der Waals surface area (Å²) in [4.78, 5) is 11.0. The number of aromatic carboxylic acids is 1. The first-order valence-electron chi connectivity index (χ1n) is 10.6. The van der Waals surface area contributed by atoms with Gasteiger partial charge >= 0.3 is 5.97 Å². The van der Waals surface area contributed by atoms with Crippen molar-refractivity contribution in [3.05, 3.63) is 35.4 Å². The normalized spacial score (nSPS) is 20.0. The number of hydrogen-bond acceptors (Lipinski definition) is 1. The maximum atomic E-state index is 11.0. The molecular weight excluding hydrogens is 308 g/mol. The van der Waals surface area contributed by atoms with E-state index in [1.807, 2.05) is 12.1 Å². The fourth-order valence-electron chi connectivity index (χ4n) is 5.34. The molecule has 1 aromatic carbocycles. The lowest BCUT2D eigenvalue weighted by Gasteiger charge is -2.38.